The third-order valence-electron chi connectivity index (χ3n) is 1.35. The fourth-order valence-corrected chi connectivity index (χ4v) is 0.749. The van der Waals surface area contributed by atoms with Crippen LogP contribution < -0.4 is 0 Å². The van der Waals surface area contributed by atoms with E-state index >= 15 is 0 Å². The maximum absolute atomic E-state index is 2.20. The van der Waals surface area contributed by atoms with E-state index in [1.165, 1.54) is 0 Å². The second-order valence-electron chi connectivity index (χ2n) is 2.39. The van der Waals surface area contributed by atoms with Crippen LogP contribution in [-0.2, 0) is 0 Å². The number of allylic oxidation sites excluding steroid dienone is 6. The summed E-state index contributed by atoms with van der Waals surface area (Å²) in [4.78, 5) is 0. The Kier molecular flexibility index (Phi) is 8.68. The summed E-state index contributed by atoms with van der Waals surface area (Å²) < 4.78 is 0. The Bertz CT molecular complexity index is 143. The lowest BCUT2D eigenvalue weighted by molar-refractivity contribution is 1.30. The van der Waals surface area contributed by atoms with Crippen molar-refractivity contribution in [2.24, 2.45) is 0 Å². The molecule has 0 amide bonds. The standard InChI is InChI=1S/C10H17B/c1-2-3-4-5-6-7-8-9-10-11/h2-3,5-6,8-9H,4,7,10-11H2,1H3/b3-2-,6-5-,9-8-. The molecular weight excluding hydrogens is 131 g/mol. The van der Waals surface area contributed by atoms with Crippen molar-refractivity contribution in [1.82, 2.24) is 0 Å². The van der Waals surface area contributed by atoms with Gasteiger partial charge in [-0.05, 0) is 19.8 Å². The van der Waals surface area contributed by atoms with E-state index in [1.807, 2.05) is 6.92 Å². The monoisotopic (exact) mass is 148 g/mol. The first-order chi connectivity index (χ1) is 5.41. The fraction of sp³-hybridized carbons (Fsp3) is 0.400. The van der Waals surface area contributed by atoms with Gasteiger partial charge in [0.2, 0.25) is 0 Å². The zero-order valence-corrected chi connectivity index (χ0v) is 7.59. The predicted molar refractivity (Wildman–Crippen MR) is 55.7 cm³/mol. The summed E-state index contributed by atoms with van der Waals surface area (Å²) in [6, 6.07) is 0. The zero-order valence-electron chi connectivity index (χ0n) is 7.59. The van der Waals surface area contributed by atoms with Gasteiger partial charge in [-0.25, -0.2) is 0 Å². The van der Waals surface area contributed by atoms with Gasteiger partial charge in [0, 0.05) is 0 Å². The van der Waals surface area contributed by atoms with Crippen molar-refractivity contribution in [3.8, 4) is 0 Å². The van der Waals surface area contributed by atoms with E-state index in [4.69, 9.17) is 0 Å². The quantitative estimate of drug-likeness (QED) is 0.415. The Morgan fingerprint density at radius 2 is 1.45 bits per heavy atom. The Morgan fingerprint density at radius 1 is 0.909 bits per heavy atom. The second kappa shape index (κ2) is 9.28. The molecule has 0 spiro atoms. The van der Waals surface area contributed by atoms with E-state index in [0.717, 1.165) is 19.2 Å². The predicted octanol–water partition coefficient (Wildman–Crippen LogP) is 2.51. The van der Waals surface area contributed by atoms with Gasteiger partial charge in [0.25, 0.3) is 0 Å². The van der Waals surface area contributed by atoms with Gasteiger partial charge in [0.05, 0.1) is 0 Å². The van der Waals surface area contributed by atoms with Crippen molar-refractivity contribution in [3.63, 3.8) is 0 Å². The van der Waals surface area contributed by atoms with E-state index in [-0.39, 0.29) is 0 Å². The van der Waals surface area contributed by atoms with Crippen molar-refractivity contribution in [1.29, 1.82) is 0 Å². The number of hydrogen-bond acceptors (Lipinski definition) is 0. The Morgan fingerprint density at radius 3 is 2.00 bits per heavy atom. The SMILES string of the molecule is BC/C=C\C/C=C\C/C=C\C. The topological polar surface area (TPSA) is 0 Å². The van der Waals surface area contributed by atoms with Gasteiger partial charge in [0.15, 0.2) is 0 Å². The normalized spacial score (nSPS) is 12.5. The lowest BCUT2D eigenvalue weighted by Gasteiger charge is -1.81. The Hall–Kier alpha value is -0.715. The lowest BCUT2D eigenvalue weighted by Crippen LogP contribution is -1.61. The molecule has 0 aliphatic carbocycles. The fourth-order valence-electron chi connectivity index (χ4n) is 0.749. The molecule has 0 unspecified atom stereocenters. The van der Waals surface area contributed by atoms with E-state index in [2.05, 4.69) is 44.3 Å². The molecule has 0 aromatic rings. The molecule has 0 saturated carbocycles. The van der Waals surface area contributed by atoms with Crippen molar-refractivity contribution in [2.75, 3.05) is 0 Å². The van der Waals surface area contributed by atoms with E-state index in [0.29, 0.717) is 0 Å². The molecule has 0 heterocycles. The first kappa shape index (κ1) is 10.3. The molecule has 0 radical (unpaired) electrons. The first-order valence-corrected chi connectivity index (χ1v) is 4.33. The molecule has 0 atom stereocenters. The molecule has 0 fully saturated rings. The van der Waals surface area contributed by atoms with Gasteiger partial charge in [-0.1, -0.05) is 42.8 Å². The minimum absolute atomic E-state index is 1.07. The van der Waals surface area contributed by atoms with Crippen LogP contribution in [0.4, 0.5) is 0 Å². The maximum Gasteiger partial charge on any atom is 0.106 e. The van der Waals surface area contributed by atoms with Crippen LogP contribution in [0.3, 0.4) is 0 Å². The first-order valence-electron chi connectivity index (χ1n) is 4.33. The molecule has 0 nitrogen and oxygen atoms in total. The van der Waals surface area contributed by atoms with Crippen LogP contribution in [0.15, 0.2) is 36.5 Å². The van der Waals surface area contributed by atoms with Gasteiger partial charge in [-0.3, -0.25) is 0 Å². The molecule has 0 aromatic heterocycles. The molecule has 0 N–H and O–H groups in total. The highest BCUT2D eigenvalue weighted by Gasteiger charge is 1.70. The molecule has 0 rings (SSSR count). The van der Waals surface area contributed by atoms with Gasteiger partial charge in [-0.2, -0.15) is 0 Å². The summed E-state index contributed by atoms with van der Waals surface area (Å²) in [5.74, 6) is 0. The summed E-state index contributed by atoms with van der Waals surface area (Å²) in [6.07, 6.45) is 16.3. The molecule has 0 bridgehead atoms. The van der Waals surface area contributed by atoms with E-state index in [9.17, 15) is 0 Å². The maximum atomic E-state index is 2.20. The van der Waals surface area contributed by atoms with Crippen LogP contribution in [0.1, 0.15) is 19.8 Å². The molecule has 60 valence electrons. The average Bonchev–Trinajstić information content (AvgIpc) is 2.03. The summed E-state index contributed by atoms with van der Waals surface area (Å²) in [7, 11) is 2.15. The molecule has 11 heavy (non-hydrogen) atoms. The van der Waals surface area contributed by atoms with Crippen molar-refractivity contribution >= 4 is 7.85 Å². The number of rotatable bonds is 5. The largest absolute Gasteiger partial charge is 0.106 e. The molecule has 0 aliphatic rings. The van der Waals surface area contributed by atoms with Crippen molar-refractivity contribution in [2.45, 2.75) is 26.1 Å². The van der Waals surface area contributed by atoms with Gasteiger partial charge in [-0.15, -0.1) is 0 Å². The van der Waals surface area contributed by atoms with Crippen LogP contribution in [0.5, 0.6) is 0 Å². The molecule has 0 saturated heterocycles. The minimum atomic E-state index is 1.07. The second-order valence-corrected chi connectivity index (χ2v) is 2.39. The van der Waals surface area contributed by atoms with Gasteiger partial charge >= 0.3 is 0 Å². The summed E-state index contributed by atoms with van der Waals surface area (Å²) in [6.45, 7) is 2.05. The van der Waals surface area contributed by atoms with Crippen molar-refractivity contribution < 1.29 is 0 Å². The number of hydrogen-bond donors (Lipinski definition) is 0. The Balaban J connectivity index is 3.23. The smallest absolute Gasteiger partial charge is 0.0961 e. The summed E-state index contributed by atoms with van der Waals surface area (Å²) in [5, 5.41) is 0. The van der Waals surface area contributed by atoms with E-state index in [1.54, 1.807) is 0 Å². The molecular formula is C10H17B. The molecule has 0 aliphatic heterocycles. The average molecular weight is 148 g/mol. The minimum Gasteiger partial charge on any atom is -0.0961 e. The molecule has 1 heteroatoms. The Labute approximate surface area is 71.1 Å². The lowest BCUT2D eigenvalue weighted by atomic mass is 10.1. The summed E-state index contributed by atoms with van der Waals surface area (Å²) >= 11 is 0. The third-order valence-corrected chi connectivity index (χ3v) is 1.35. The highest BCUT2D eigenvalue weighted by Crippen LogP contribution is 1.91. The highest BCUT2D eigenvalue weighted by atomic mass is 13.8. The molecule has 0 aromatic carbocycles. The van der Waals surface area contributed by atoms with Gasteiger partial charge in [0.1, 0.15) is 7.85 Å². The van der Waals surface area contributed by atoms with Gasteiger partial charge < -0.3 is 0 Å². The highest BCUT2D eigenvalue weighted by molar-refractivity contribution is 6.09. The van der Waals surface area contributed by atoms with Crippen molar-refractivity contribution in [3.05, 3.63) is 36.5 Å². The van der Waals surface area contributed by atoms with Crippen LogP contribution >= 0.6 is 0 Å². The summed E-state index contributed by atoms with van der Waals surface area (Å²) in [5.41, 5.74) is 0. The zero-order chi connectivity index (χ0) is 8.36. The van der Waals surface area contributed by atoms with Crippen LogP contribution in [-0.4, -0.2) is 7.85 Å². The van der Waals surface area contributed by atoms with E-state index < -0.39 is 0 Å². The van der Waals surface area contributed by atoms with Crippen LogP contribution in [0.25, 0.3) is 0 Å². The van der Waals surface area contributed by atoms with Crippen LogP contribution in [0, 0.1) is 0 Å². The third kappa shape index (κ3) is 9.28. The van der Waals surface area contributed by atoms with Crippen LogP contribution in [0.2, 0.25) is 6.32 Å².